The number of likely N-dealkylation sites (tertiary alicyclic amines) is 1. The SMILES string of the molecule is CSc1ncccc1C(=O)N1CCC(C(O)c2ccccn2)CC1. The number of aliphatic hydroxyl groups is 1. The first-order chi connectivity index (χ1) is 11.7. The van der Waals surface area contributed by atoms with Crippen LogP contribution in [0.15, 0.2) is 47.8 Å². The first kappa shape index (κ1) is 16.9. The summed E-state index contributed by atoms with van der Waals surface area (Å²) < 4.78 is 0. The fourth-order valence-corrected chi connectivity index (χ4v) is 3.64. The maximum absolute atomic E-state index is 12.7. The molecule has 1 aliphatic rings. The monoisotopic (exact) mass is 343 g/mol. The minimum atomic E-state index is -0.566. The fourth-order valence-electron chi connectivity index (χ4n) is 3.10. The molecule has 2 aromatic heterocycles. The molecule has 2 aromatic rings. The van der Waals surface area contributed by atoms with E-state index in [-0.39, 0.29) is 11.8 Å². The topological polar surface area (TPSA) is 66.3 Å². The van der Waals surface area contributed by atoms with Gasteiger partial charge in [-0.1, -0.05) is 6.07 Å². The molecule has 1 fully saturated rings. The maximum Gasteiger partial charge on any atom is 0.256 e. The highest BCUT2D eigenvalue weighted by atomic mass is 32.2. The van der Waals surface area contributed by atoms with E-state index in [0.717, 1.165) is 17.9 Å². The zero-order chi connectivity index (χ0) is 16.9. The molecule has 1 unspecified atom stereocenters. The van der Waals surface area contributed by atoms with Crippen LogP contribution in [0.25, 0.3) is 0 Å². The number of hydrogen-bond donors (Lipinski definition) is 1. The van der Waals surface area contributed by atoms with Gasteiger partial charge in [-0.05, 0) is 49.3 Å². The molecule has 1 amide bonds. The van der Waals surface area contributed by atoms with Crippen molar-refractivity contribution >= 4 is 17.7 Å². The Bertz CT molecular complexity index is 688. The minimum absolute atomic E-state index is 0.0261. The largest absolute Gasteiger partial charge is 0.387 e. The van der Waals surface area contributed by atoms with Crippen molar-refractivity contribution in [1.29, 1.82) is 0 Å². The summed E-state index contributed by atoms with van der Waals surface area (Å²) in [6, 6.07) is 9.20. The zero-order valence-corrected chi connectivity index (χ0v) is 14.4. The Morgan fingerprint density at radius 1 is 1.21 bits per heavy atom. The van der Waals surface area contributed by atoms with Crippen molar-refractivity contribution in [3.05, 3.63) is 54.0 Å². The van der Waals surface area contributed by atoms with Gasteiger partial charge < -0.3 is 10.0 Å². The fraction of sp³-hybridized carbons (Fsp3) is 0.389. The average molecular weight is 343 g/mol. The first-order valence-corrected chi connectivity index (χ1v) is 9.30. The van der Waals surface area contributed by atoms with Crippen LogP contribution in [0.1, 0.15) is 35.0 Å². The number of nitrogens with zero attached hydrogens (tertiary/aromatic N) is 3. The summed E-state index contributed by atoms with van der Waals surface area (Å²) in [5.41, 5.74) is 1.37. The van der Waals surface area contributed by atoms with Crippen molar-refractivity contribution < 1.29 is 9.90 Å². The Kier molecular flexibility index (Phi) is 5.48. The van der Waals surface area contributed by atoms with Crippen molar-refractivity contribution in [2.45, 2.75) is 24.0 Å². The van der Waals surface area contributed by atoms with Gasteiger partial charge in [0, 0.05) is 25.5 Å². The van der Waals surface area contributed by atoms with E-state index in [1.165, 1.54) is 11.8 Å². The second kappa shape index (κ2) is 7.77. The van der Waals surface area contributed by atoms with Crippen molar-refractivity contribution in [2.24, 2.45) is 5.92 Å². The normalized spacial score (nSPS) is 16.8. The average Bonchev–Trinajstić information content (AvgIpc) is 2.67. The van der Waals surface area contributed by atoms with Crippen LogP contribution in [-0.2, 0) is 0 Å². The van der Waals surface area contributed by atoms with E-state index in [1.807, 2.05) is 35.4 Å². The van der Waals surface area contributed by atoms with Gasteiger partial charge in [-0.15, -0.1) is 11.8 Å². The predicted molar refractivity (Wildman–Crippen MR) is 93.8 cm³/mol. The molecule has 126 valence electrons. The molecule has 1 N–H and O–H groups in total. The number of carbonyl (C=O) groups is 1. The number of pyridine rings is 2. The number of carbonyl (C=O) groups excluding carboxylic acids is 1. The first-order valence-electron chi connectivity index (χ1n) is 8.08. The summed E-state index contributed by atoms with van der Waals surface area (Å²) in [4.78, 5) is 23.1. The van der Waals surface area contributed by atoms with Gasteiger partial charge in [-0.3, -0.25) is 9.78 Å². The second-order valence-electron chi connectivity index (χ2n) is 5.89. The molecular weight excluding hydrogens is 322 g/mol. The molecule has 0 saturated carbocycles. The van der Waals surface area contributed by atoms with Crippen LogP contribution < -0.4 is 0 Å². The summed E-state index contributed by atoms with van der Waals surface area (Å²) in [5, 5.41) is 11.3. The third-order valence-electron chi connectivity index (χ3n) is 4.46. The van der Waals surface area contributed by atoms with Gasteiger partial charge in [-0.25, -0.2) is 4.98 Å². The van der Waals surface area contributed by atoms with Crippen molar-refractivity contribution in [1.82, 2.24) is 14.9 Å². The lowest BCUT2D eigenvalue weighted by Crippen LogP contribution is -2.40. The highest BCUT2D eigenvalue weighted by molar-refractivity contribution is 7.98. The molecule has 0 radical (unpaired) electrons. The third-order valence-corrected chi connectivity index (χ3v) is 5.17. The standard InChI is InChI=1S/C18H21N3O2S/c1-24-17-14(5-4-10-20-17)18(23)21-11-7-13(8-12-21)16(22)15-6-2-3-9-19-15/h2-6,9-10,13,16,22H,7-8,11-12H2,1H3. The van der Waals surface area contributed by atoms with E-state index in [1.54, 1.807) is 18.5 Å². The van der Waals surface area contributed by atoms with Gasteiger partial charge in [0.15, 0.2) is 0 Å². The lowest BCUT2D eigenvalue weighted by Gasteiger charge is -2.34. The zero-order valence-electron chi connectivity index (χ0n) is 13.6. The summed E-state index contributed by atoms with van der Waals surface area (Å²) in [6.07, 6.45) is 6.32. The van der Waals surface area contributed by atoms with Crippen LogP contribution in [0.2, 0.25) is 0 Å². The van der Waals surface area contributed by atoms with Crippen LogP contribution in [0, 0.1) is 5.92 Å². The van der Waals surface area contributed by atoms with Crippen LogP contribution in [0.5, 0.6) is 0 Å². The van der Waals surface area contributed by atoms with Crippen molar-refractivity contribution in [3.8, 4) is 0 Å². The number of rotatable bonds is 4. The number of hydrogen-bond acceptors (Lipinski definition) is 5. The van der Waals surface area contributed by atoms with E-state index < -0.39 is 6.10 Å². The molecule has 5 nitrogen and oxygen atoms in total. The summed E-state index contributed by atoms with van der Waals surface area (Å²) >= 11 is 1.48. The molecule has 1 atom stereocenters. The van der Waals surface area contributed by atoms with E-state index in [9.17, 15) is 9.90 Å². The lowest BCUT2D eigenvalue weighted by molar-refractivity contribution is 0.0445. The highest BCUT2D eigenvalue weighted by Gasteiger charge is 2.30. The molecule has 6 heteroatoms. The van der Waals surface area contributed by atoms with Crippen LogP contribution in [-0.4, -0.2) is 45.2 Å². The quantitative estimate of drug-likeness (QED) is 0.865. The molecule has 24 heavy (non-hydrogen) atoms. The predicted octanol–water partition coefficient (Wildman–Crippen LogP) is 2.78. The molecule has 0 aromatic carbocycles. The van der Waals surface area contributed by atoms with Crippen LogP contribution >= 0.6 is 11.8 Å². The van der Waals surface area contributed by atoms with Gasteiger partial charge in [0.25, 0.3) is 5.91 Å². The Labute approximate surface area is 146 Å². The van der Waals surface area contributed by atoms with Gasteiger partial charge in [0.1, 0.15) is 5.03 Å². The van der Waals surface area contributed by atoms with E-state index in [2.05, 4.69) is 9.97 Å². The van der Waals surface area contributed by atoms with Crippen molar-refractivity contribution in [3.63, 3.8) is 0 Å². The molecule has 3 heterocycles. The second-order valence-corrected chi connectivity index (χ2v) is 6.68. The number of aromatic nitrogens is 2. The summed E-state index contributed by atoms with van der Waals surface area (Å²) in [5.74, 6) is 0.163. The molecule has 0 spiro atoms. The van der Waals surface area contributed by atoms with Gasteiger partial charge in [-0.2, -0.15) is 0 Å². The molecule has 1 saturated heterocycles. The Balaban J connectivity index is 1.64. The Morgan fingerprint density at radius 3 is 2.62 bits per heavy atom. The number of thioether (sulfide) groups is 1. The summed E-state index contributed by atoms with van der Waals surface area (Å²) in [7, 11) is 0. The number of piperidine rings is 1. The molecule has 0 aliphatic carbocycles. The number of amides is 1. The highest BCUT2D eigenvalue weighted by Crippen LogP contribution is 2.30. The molecular formula is C18H21N3O2S. The molecule has 3 rings (SSSR count). The van der Waals surface area contributed by atoms with E-state index in [0.29, 0.717) is 24.3 Å². The van der Waals surface area contributed by atoms with Crippen LogP contribution in [0.4, 0.5) is 0 Å². The van der Waals surface area contributed by atoms with E-state index >= 15 is 0 Å². The Morgan fingerprint density at radius 2 is 1.96 bits per heavy atom. The number of aliphatic hydroxyl groups excluding tert-OH is 1. The third kappa shape index (κ3) is 3.60. The summed E-state index contributed by atoms with van der Waals surface area (Å²) in [6.45, 7) is 1.30. The lowest BCUT2D eigenvalue weighted by atomic mass is 9.89. The minimum Gasteiger partial charge on any atom is -0.387 e. The molecule has 1 aliphatic heterocycles. The van der Waals surface area contributed by atoms with Crippen molar-refractivity contribution in [2.75, 3.05) is 19.3 Å². The van der Waals surface area contributed by atoms with Gasteiger partial charge in [0.2, 0.25) is 0 Å². The van der Waals surface area contributed by atoms with Gasteiger partial charge >= 0.3 is 0 Å². The van der Waals surface area contributed by atoms with E-state index in [4.69, 9.17) is 0 Å². The smallest absolute Gasteiger partial charge is 0.256 e. The molecule has 0 bridgehead atoms. The maximum atomic E-state index is 12.7. The Hall–Kier alpha value is -1.92. The van der Waals surface area contributed by atoms with Gasteiger partial charge in [0.05, 0.1) is 17.4 Å². The van der Waals surface area contributed by atoms with Crippen LogP contribution in [0.3, 0.4) is 0 Å².